The molecule has 1 aliphatic heterocycles. The van der Waals surface area contributed by atoms with Crippen LogP contribution in [0.25, 0.3) is 0 Å². The largest absolute Gasteiger partial charge is 0.497 e. The fourth-order valence-electron chi connectivity index (χ4n) is 3.09. The standard InChI is InChI=1S/C19H22ClNO/c1-22-17-9-7-15(8-10-17)4-3-12-21-13-11-16-5-2-6-19(20)18(16)14-21/h2,5-10H,3-4,11-14H2,1H3. The summed E-state index contributed by atoms with van der Waals surface area (Å²) in [5, 5.41) is 0.914. The van der Waals surface area contributed by atoms with Crippen molar-refractivity contribution in [1.29, 1.82) is 0 Å². The molecule has 0 aliphatic carbocycles. The van der Waals surface area contributed by atoms with Crippen LogP contribution in [-0.4, -0.2) is 25.1 Å². The lowest BCUT2D eigenvalue weighted by molar-refractivity contribution is 0.251. The second-order valence-electron chi connectivity index (χ2n) is 5.86. The van der Waals surface area contributed by atoms with E-state index in [1.807, 2.05) is 18.2 Å². The summed E-state index contributed by atoms with van der Waals surface area (Å²) in [5.41, 5.74) is 4.11. The van der Waals surface area contributed by atoms with Gasteiger partial charge in [-0.05, 0) is 60.7 Å². The maximum atomic E-state index is 6.33. The van der Waals surface area contributed by atoms with E-state index in [9.17, 15) is 0 Å². The van der Waals surface area contributed by atoms with Gasteiger partial charge in [-0.1, -0.05) is 35.9 Å². The Hall–Kier alpha value is -1.51. The van der Waals surface area contributed by atoms with Crippen LogP contribution in [0.2, 0.25) is 5.02 Å². The van der Waals surface area contributed by atoms with Crippen LogP contribution in [-0.2, 0) is 19.4 Å². The normalized spacial score (nSPS) is 14.6. The highest BCUT2D eigenvalue weighted by Gasteiger charge is 2.17. The van der Waals surface area contributed by atoms with Crippen molar-refractivity contribution in [2.75, 3.05) is 20.2 Å². The monoisotopic (exact) mass is 315 g/mol. The summed E-state index contributed by atoms with van der Waals surface area (Å²) in [7, 11) is 1.70. The number of ether oxygens (including phenoxy) is 1. The molecule has 0 radical (unpaired) electrons. The highest BCUT2D eigenvalue weighted by atomic mass is 35.5. The van der Waals surface area contributed by atoms with Gasteiger partial charge in [-0.15, -0.1) is 0 Å². The number of fused-ring (bicyclic) bond motifs is 1. The number of halogens is 1. The number of hydrogen-bond acceptors (Lipinski definition) is 2. The van der Waals surface area contributed by atoms with Crippen molar-refractivity contribution in [3.63, 3.8) is 0 Å². The lowest BCUT2D eigenvalue weighted by Crippen LogP contribution is -2.31. The van der Waals surface area contributed by atoms with Crippen LogP contribution in [0.3, 0.4) is 0 Å². The molecule has 1 heterocycles. The molecule has 0 atom stereocenters. The molecule has 0 aromatic heterocycles. The van der Waals surface area contributed by atoms with Crippen molar-refractivity contribution in [3.05, 3.63) is 64.2 Å². The first-order valence-electron chi connectivity index (χ1n) is 7.88. The lowest BCUT2D eigenvalue weighted by atomic mass is 9.99. The van der Waals surface area contributed by atoms with Gasteiger partial charge in [0.25, 0.3) is 0 Å². The molecule has 0 unspecified atom stereocenters. The summed E-state index contributed by atoms with van der Waals surface area (Å²) < 4.78 is 5.19. The Balaban J connectivity index is 1.51. The molecule has 0 amide bonds. The van der Waals surface area contributed by atoms with Gasteiger partial charge in [-0.3, -0.25) is 4.90 Å². The second kappa shape index (κ2) is 7.17. The van der Waals surface area contributed by atoms with Crippen LogP contribution < -0.4 is 4.74 Å². The molecular weight excluding hydrogens is 294 g/mol. The van der Waals surface area contributed by atoms with Crippen molar-refractivity contribution >= 4 is 11.6 Å². The SMILES string of the molecule is COc1ccc(CCCN2CCc3cccc(Cl)c3C2)cc1. The summed E-state index contributed by atoms with van der Waals surface area (Å²) in [6.07, 6.45) is 3.39. The van der Waals surface area contributed by atoms with Crippen LogP contribution in [0.5, 0.6) is 5.75 Å². The van der Waals surface area contributed by atoms with E-state index in [0.29, 0.717) is 0 Å². The first kappa shape index (κ1) is 15.4. The Morgan fingerprint density at radius 1 is 1.14 bits per heavy atom. The highest BCUT2D eigenvalue weighted by Crippen LogP contribution is 2.26. The van der Waals surface area contributed by atoms with E-state index in [1.165, 1.54) is 23.1 Å². The van der Waals surface area contributed by atoms with E-state index < -0.39 is 0 Å². The molecule has 3 rings (SSSR count). The van der Waals surface area contributed by atoms with Gasteiger partial charge in [0.05, 0.1) is 7.11 Å². The van der Waals surface area contributed by atoms with Gasteiger partial charge in [0.1, 0.15) is 5.75 Å². The summed E-state index contributed by atoms with van der Waals surface area (Å²) in [5.74, 6) is 0.922. The van der Waals surface area contributed by atoms with Crippen LogP contribution in [0, 0.1) is 0 Å². The van der Waals surface area contributed by atoms with Crippen molar-refractivity contribution in [2.45, 2.75) is 25.8 Å². The molecule has 0 saturated carbocycles. The molecule has 1 aliphatic rings. The quantitative estimate of drug-likeness (QED) is 0.814. The third kappa shape index (κ3) is 3.63. The lowest BCUT2D eigenvalue weighted by Gasteiger charge is -2.29. The predicted molar refractivity (Wildman–Crippen MR) is 91.7 cm³/mol. The molecule has 0 spiro atoms. The number of nitrogens with zero attached hydrogens (tertiary/aromatic N) is 1. The molecule has 0 fully saturated rings. The first-order valence-corrected chi connectivity index (χ1v) is 8.25. The Labute approximate surface area is 137 Å². The topological polar surface area (TPSA) is 12.5 Å². The van der Waals surface area contributed by atoms with Crippen molar-refractivity contribution in [2.24, 2.45) is 0 Å². The molecular formula is C19H22ClNO. The van der Waals surface area contributed by atoms with E-state index >= 15 is 0 Å². The summed E-state index contributed by atoms with van der Waals surface area (Å²) >= 11 is 6.33. The van der Waals surface area contributed by atoms with Crippen LogP contribution in [0.15, 0.2) is 42.5 Å². The Kier molecular flexibility index (Phi) is 5.01. The number of benzene rings is 2. The molecule has 0 N–H and O–H groups in total. The average molecular weight is 316 g/mol. The zero-order valence-corrected chi connectivity index (χ0v) is 13.8. The smallest absolute Gasteiger partial charge is 0.118 e. The first-order chi connectivity index (χ1) is 10.8. The van der Waals surface area contributed by atoms with Crippen molar-refractivity contribution < 1.29 is 4.74 Å². The molecule has 116 valence electrons. The van der Waals surface area contributed by atoms with Gasteiger partial charge < -0.3 is 4.74 Å². The van der Waals surface area contributed by atoms with Gasteiger partial charge in [0, 0.05) is 18.1 Å². The number of methoxy groups -OCH3 is 1. The summed E-state index contributed by atoms with van der Waals surface area (Å²) in [6.45, 7) is 3.24. The van der Waals surface area contributed by atoms with Gasteiger partial charge >= 0.3 is 0 Å². The molecule has 0 saturated heterocycles. The summed E-state index contributed by atoms with van der Waals surface area (Å²) in [4.78, 5) is 2.51. The van der Waals surface area contributed by atoms with Crippen molar-refractivity contribution in [1.82, 2.24) is 4.90 Å². The van der Waals surface area contributed by atoms with Gasteiger partial charge in [0.15, 0.2) is 0 Å². The molecule has 2 nitrogen and oxygen atoms in total. The molecule has 2 aromatic rings. The minimum Gasteiger partial charge on any atom is -0.497 e. The highest BCUT2D eigenvalue weighted by molar-refractivity contribution is 6.31. The Morgan fingerprint density at radius 2 is 1.95 bits per heavy atom. The van der Waals surface area contributed by atoms with E-state index in [2.05, 4.69) is 29.2 Å². The molecule has 0 bridgehead atoms. The van der Waals surface area contributed by atoms with Crippen LogP contribution >= 0.6 is 11.6 Å². The van der Waals surface area contributed by atoms with Gasteiger partial charge in [0.2, 0.25) is 0 Å². The molecule has 22 heavy (non-hydrogen) atoms. The average Bonchev–Trinajstić information content (AvgIpc) is 2.56. The fraction of sp³-hybridized carbons (Fsp3) is 0.368. The van der Waals surface area contributed by atoms with E-state index in [0.717, 1.165) is 43.2 Å². The predicted octanol–water partition coefficient (Wildman–Crippen LogP) is 4.34. The fourth-order valence-corrected chi connectivity index (χ4v) is 3.34. The minimum absolute atomic E-state index is 0.914. The third-order valence-corrected chi connectivity index (χ3v) is 4.75. The van der Waals surface area contributed by atoms with Crippen molar-refractivity contribution in [3.8, 4) is 5.75 Å². The molecule has 2 aromatic carbocycles. The minimum atomic E-state index is 0.914. The number of rotatable bonds is 5. The third-order valence-electron chi connectivity index (χ3n) is 4.39. The number of hydrogen-bond donors (Lipinski definition) is 0. The van der Waals surface area contributed by atoms with Gasteiger partial charge in [-0.2, -0.15) is 0 Å². The van der Waals surface area contributed by atoms with E-state index in [-0.39, 0.29) is 0 Å². The van der Waals surface area contributed by atoms with Crippen LogP contribution in [0.4, 0.5) is 0 Å². The maximum absolute atomic E-state index is 6.33. The second-order valence-corrected chi connectivity index (χ2v) is 6.26. The molecule has 3 heteroatoms. The van der Waals surface area contributed by atoms with Gasteiger partial charge in [-0.25, -0.2) is 0 Å². The number of aryl methyl sites for hydroxylation is 1. The summed E-state index contributed by atoms with van der Waals surface area (Å²) in [6, 6.07) is 14.6. The van der Waals surface area contributed by atoms with E-state index in [4.69, 9.17) is 16.3 Å². The van der Waals surface area contributed by atoms with E-state index in [1.54, 1.807) is 7.11 Å². The zero-order chi connectivity index (χ0) is 15.4. The van der Waals surface area contributed by atoms with Crippen LogP contribution in [0.1, 0.15) is 23.1 Å². The Morgan fingerprint density at radius 3 is 2.73 bits per heavy atom. The maximum Gasteiger partial charge on any atom is 0.118 e. The Bertz CT molecular complexity index is 624. The zero-order valence-electron chi connectivity index (χ0n) is 13.0.